The fourth-order valence-electron chi connectivity index (χ4n) is 3.08. The van der Waals surface area contributed by atoms with Gasteiger partial charge in [-0.1, -0.05) is 42.5 Å². The standard InChI is InChI=1S/C23H22N6O/c1-17-27-21(16-22(28-17)29-15-5-12-26-29)24-13-14-25-23(30)20-10-8-19(9-11-20)18-6-3-2-4-7-18/h2-12,15-16H,13-14H2,1H3,(H,25,30)(H,24,27,28). The average molecular weight is 398 g/mol. The summed E-state index contributed by atoms with van der Waals surface area (Å²) in [6.45, 7) is 2.85. The van der Waals surface area contributed by atoms with Crippen LogP contribution in [0.2, 0.25) is 0 Å². The van der Waals surface area contributed by atoms with Crippen molar-refractivity contribution >= 4 is 11.7 Å². The van der Waals surface area contributed by atoms with Crippen LogP contribution < -0.4 is 10.6 Å². The normalized spacial score (nSPS) is 10.6. The minimum Gasteiger partial charge on any atom is -0.368 e. The van der Waals surface area contributed by atoms with Gasteiger partial charge in [-0.05, 0) is 36.2 Å². The van der Waals surface area contributed by atoms with Crippen molar-refractivity contribution in [2.75, 3.05) is 18.4 Å². The summed E-state index contributed by atoms with van der Waals surface area (Å²) < 4.78 is 1.68. The number of carbonyl (C=O) groups excluding carboxylic acids is 1. The van der Waals surface area contributed by atoms with Crippen molar-refractivity contribution in [3.05, 3.63) is 90.5 Å². The average Bonchev–Trinajstić information content (AvgIpc) is 3.32. The Labute approximate surface area is 174 Å². The number of aryl methyl sites for hydroxylation is 1. The predicted octanol–water partition coefficient (Wildman–Crippen LogP) is 3.48. The largest absolute Gasteiger partial charge is 0.368 e. The fourth-order valence-corrected chi connectivity index (χ4v) is 3.08. The molecule has 0 radical (unpaired) electrons. The van der Waals surface area contributed by atoms with E-state index in [1.165, 1.54) is 0 Å². The Morgan fingerprint density at radius 1 is 0.933 bits per heavy atom. The lowest BCUT2D eigenvalue weighted by Crippen LogP contribution is -2.28. The molecule has 2 aromatic heterocycles. The first kappa shape index (κ1) is 19.3. The van der Waals surface area contributed by atoms with E-state index in [0.717, 1.165) is 11.1 Å². The molecule has 0 saturated heterocycles. The van der Waals surface area contributed by atoms with Gasteiger partial charge in [0.15, 0.2) is 5.82 Å². The molecule has 7 heteroatoms. The van der Waals surface area contributed by atoms with E-state index < -0.39 is 0 Å². The van der Waals surface area contributed by atoms with Gasteiger partial charge in [0.1, 0.15) is 11.6 Å². The first-order chi connectivity index (χ1) is 14.7. The first-order valence-electron chi connectivity index (χ1n) is 9.72. The van der Waals surface area contributed by atoms with Crippen LogP contribution in [0, 0.1) is 6.92 Å². The third kappa shape index (κ3) is 4.70. The molecular weight excluding hydrogens is 376 g/mol. The number of anilines is 1. The minimum atomic E-state index is -0.104. The smallest absolute Gasteiger partial charge is 0.251 e. The van der Waals surface area contributed by atoms with E-state index in [2.05, 4.69) is 25.7 Å². The Kier molecular flexibility index (Phi) is 5.80. The van der Waals surface area contributed by atoms with Crippen LogP contribution in [0.3, 0.4) is 0 Å². The van der Waals surface area contributed by atoms with Gasteiger partial charge >= 0.3 is 0 Å². The third-order valence-electron chi connectivity index (χ3n) is 4.53. The van der Waals surface area contributed by atoms with Gasteiger partial charge in [-0.2, -0.15) is 5.10 Å². The van der Waals surface area contributed by atoms with E-state index in [-0.39, 0.29) is 5.91 Å². The van der Waals surface area contributed by atoms with Crippen LogP contribution in [0.1, 0.15) is 16.2 Å². The van der Waals surface area contributed by atoms with Crippen molar-refractivity contribution in [1.82, 2.24) is 25.1 Å². The maximum atomic E-state index is 12.4. The summed E-state index contributed by atoms with van der Waals surface area (Å²) >= 11 is 0. The second kappa shape index (κ2) is 9.00. The van der Waals surface area contributed by atoms with Crippen molar-refractivity contribution in [1.29, 1.82) is 0 Å². The number of rotatable bonds is 7. The lowest BCUT2D eigenvalue weighted by Gasteiger charge is -2.10. The zero-order valence-corrected chi connectivity index (χ0v) is 16.6. The summed E-state index contributed by atoms with van der Waals surface area (Å²) in [7, 11) is 0. The molecule has 0 fully saturated rings. The van der Waals surface area contributed by atoms with Crippen molar-refractivity contribution < 1.29 is 4.79 Å². The summed E-state index contributed by atoms with van der Waals surface area (Å²) in [4.78, 5) is 21.2. The van der Waals surface area contributed by atoms with Crippen LogP contribution in [-0.4, -0.2) is 38.7 Å². The Morgan fingerprint density at radius 3 is 2.43 bits per heavy atom. The minimum absolute atomic E-state index is 0.104. The van der Waals surface area contributed by atoms with Gasteiger partial charge in [-0.3, -0.25) is 4.79 Å². The number of carbonyl (C=O) groups is 1. The van der Waals surface area contributed by atoms with E-state index in [1.54, 1.807) is 10.9 Å². The topological polar surface area (TPSA) is 84.7 Å². The molecule has 0 aliphatic heterocycles. The fraction of sp³-hybridized carbons (Fsp3) is 0.130. The van der Waals surface area contributed by atoms with E-state index in [4.69, 9.17) is 0 Å². The quantitative estimate of drug-likeness (QED) is 0.466. The molecule has 0 atom stereocenters. The molecule has 0 spiro atoms. The van der Waals surface area contributed by atoms with Crippen LogP contribution in [0.5, 0.6) is 0 Å². The Hall–Kier alpha value is -4.00. The predicted molar refractivity (Wildman–Crippen MR) is 117 cm³/mol. The van der Waals surface area contributed by atoms with Crippen LogP contribution in [0.25, 0.3) is 16.9 Å². The van der Waals surface area contributed by atoms with Gasteiger partial charge in [-0.25, -0.2) is 14.6 Å². The maximum Gasteiger partial charge on any atom is 0.251 e. The van der Waals surface area contributed by atoms with Gasteiger partial charge in [-0.15, -0.1) is 0 Å². The Bertz CT molecular complexity index is 1110. The Balaban J connectivity index is 1.30. The van der Waals surface area contributed by atoms with Crippen molar-refractivity contribution in [3.8, 4) is 16.9 Å². The number of amides is 1. The molecule has 0 unspecified atom stereocenters. The number of nitrogens with zero attached hydrogens (tertiary/aromatic N) is 4. The molecule has 7 nitrogen and oxygen atoms in total. The lowest BCUT2D eigenvalue weighted by molar-refractivity contribution is 0.0955. The molecule has 0 bridgehead atoms. The molecular formula is C23H22N6O. The van der Waals surface area contributed by atoms with Gasteiger partial charge in [0.25, 0.3) is 5.91 Å². The van der Waals surface area contributed by atoms with Crippen LogP contribution in [0.15, 0.2) is 79.1 Å². The summed E-state index contributed by atoms with van der Waals surface area (Å²) in [6.07, 6.45) is 3.53. The zero-order chi connectivity index (χ0) is 20.8. The number of hydrogen-bond donors (Lipinski definition) is 2. The van der Waals surface area contributed by atoms with Gasteiger partial charge in [0, 0.05) is 37.1 Å². The van der Waals surface area contributed by atoms with E-state index in [0.29, 0.717) is 36.1 Å². The third-order valence-corrected chi connectivity index (χ3v) is 4.53. The monoisotopic (exact) mass is 398 g/mol. The van der Waals surface area contributed by atoms with Gasteiger partial charge < -0.3 is 10.6 Å². The highest BCUT2D eigenvalue weighted by molar-refractivity contribution is 5.94. The zero-order valence-electron chi connectivity index (χ0n) is 16.6. The van der Waals surface area contributed by atoms with Crippen molar-refractivity contribution in [2.24, 2.45) is 0 Å². The molecule has 1 amide bonds. The number of aromatic nitrogens is 4. The molecule has 30 heavy (non-hydrogen) atoms. The maximum absolute atomic E-state index is 12.4. The number of nitrogens with one attached hydrogen (secondary N) is 2. The lowest BCUT2D eigenvalue weighted by atomic mass is 10.0. The SMILES string of the molecule is Cc1nc(NCCNC(=O)c2ccc(-c3ccccc3)cc2)cc(-n2cccn2)n1. The first-order valence-corrected chi connectivity index (χ1v) is 9.72. The summed E-state index contributed by atoms with van der Waals surface area (Å²) in [6, 6.07) is 21.4. The van der Waals surface area contributed by atoms with Crippen LogP contribution in [0.4, 0.5) is 5.82 Å². The number of hydrogen-bond acceptors (Lipinski definition) is 5. The molecule has 2 N–H and O–H groups in total. The number of benzene rings is 2. The summed E-state index contributed by atoms with van der Waals surface area (Å²) in [5, 5.41) is 10.3. The molecule has 0 aliphatic rings. The molecule has 150 valence electrons. The molecule has 4 rings (SSSR count). The highest BCUT2D eigenvalue weighted by Gasteiger charge is 2.07. The van der Waals surface area contributed by atoms with E-state index in [1.807, 2.05) is 79.9 Å². The van der Waals surface area contributed by atoms with Gasteiger partial charge in [0.05, 0.1) is 0 Å². The van der Waals surface area contributed by atoms with Crippen LogP contribution >= 0.6 is 0 Å². The Morgan fingerprint density at radius 2 is 1.70 bits per heavy atom. The molecule has 0 aliphatic carbocycles. The molecule has 2 heterocycles. The second-order valence-corrected chi connectivity index (χ2v) is 6.74. The second-order valence-electron chi connectivity index (χ2n) is 6.74. The van der Waals surface area contributed by atoms with Crippen molar-refractivity contribution in [3.63, 3.8) is 0 Å². The highest BCUT2D eigenvalue weighted by Crippen LogP contribution is 2.19. The summed E-state index contributed by atoms with van der Waals surface area (Å²) in [5.41, 5.74) is 2.85. The van der Waals surface area contributed by atoms with Gasteiger partial charge in [0.2, 0.25) is 0 Å². The molecule has 2 aromatic carbocycles. The molecule has 4 aromatic rings. The summed E-state index contributed by atoms with van der Waals surface area (Å²) in [5.74, 6) is 1.92. The molecule has 0 saturated carbocycles. The van der Waals surface area contributed by atoms with E-state index >= 15 is 0 Å². The van der Waals surface area contributed by atoms with Crippen molar-refractivity contribution in [2.45, 2.75) is 6.92 Å². The highest BCUT2D eigenvalue weighted by atomic mass is 16.1. The van der Waals surface area contributed by atoms with E-state index in [9.17, 15) is 4.79 Å². The van der Waals surface area contributed by atoms with Crippen LogP contribution in [-0.2, 0) is 0 Å².